The van der Waals surface area contributed by atoms with Crippen LogP contribution in [0.25, 0.3) is 10.2 Å². The predicted molar refractivity (Wildman–Crippen MR) is 109 cm³/mol. The zero-order valence-electron chi connectivity index (χ0n) is 13.4. The Bertz CT molecular complexity index is 1020. The van der Waals surface area contributed by atoms with Crippen molar-refractivity contribution in [3.63, 3.8) is 0 Å². The van der Waals surface area contributed by atoms with Crippen LogP contribution in [-0.2, 0) is 0 Å². The number of benzene rings is 2. The van der Waals surface area contributed by atoms with Crippen LogP contribution in [0.2, 0.25) is 5.02 Å². The molecule has 0 atom stereocenters. The third kappa shape index (κ3) is 4.31. The van der Waals surface area contributed by atoms with Crippen molar-refractivity contribution in [1.82, 2.24) is 10.4 Å². The standard InChI is InChI=1S/C16H12ClN5O2S2/c1-9(10-2-5-12(6-3-10)22(23)24)20-21-15(25)19-16-18-13-7-4-11(17)8-14(13)26-16/h2-8H,1H3,(H2,18,19,21,25)/b20-9+. The third-order valence-corrected chi connectivity index (χ3v) is 4.75. The molecule has 2 aromatic carbocycles. The van der Waals surface area contributed by atoms with E-state index in [2.05, 4.69) is 20.8 Å². The smallest absolute Gasteiger partial charge is 0.269 e. The number of nitro benzene ring substituents is 1. The second kappa shape index (κ2) is 7.73. The minimum Gasteiger partial charge on any atom is -0.307 e. The van der Waals surface area contributed by atoms with E-state index in [9.17, 15) is 10.1 Å². The van der Waals surface area contributed by atoms with Crippen molar-refractivity contribution in [2.75, 3.05) is 5.32 Å². The van der Waals surface area contributed by atoms with Crippen LogP contribution in [0.3, 0.4) is 0 Å². The van der Waals surface area contributed by atoms with Gasteiger partial charge in [-0.1, -0.05) is 22.9 Å². The van der Waals surface area contributed by atoms with Crippen LogP contribution in [-0.4, -0.2) is 20.7 Å². The van der Waals surface area contributed by atoms with Gasteiger partial charge in [-0.15, -0.1) is 0 Å². The van der Waals surface area contributed by atoms with E-state index in [1.807, 2.05) is 12.1 Å². The monoisotopic (exact) mass is 405 g/mol. The molecule has 3 aromatic rings. The molecule has 26 heavy (non-hydrogen) atoms. The van der Waals surface area contributed by atoms with Crippen LogP contribution in [0, 0.1) is 10.1 Å². The molecular weight excluding hydrogens is 394 g/mol. The van der Waals surface area contributed by atoms with Crippen LogP contribution in [0.15, 0.2) is 47.6 Å². The van der Waals surface area contributed by atoms with Gasteiger partial charge in [0.15, 0.2) is 10.2 Å². The summed E-state index contributed by atoms with van der Waals surface area (Å²) in [6.45, 7) is 1.77. The van der Waals surface area contributed by atoms with Crippen molar-refractivity contribution in [2.24, 2.45) is 5.10 Å². The summed E-state index contributed by atoms with van der Waals surface area (Å²) in [5, 5.41) is 19.4. The first-order valence-electron chi connectivity index (χ1n) is 7.34. The number of thiazole rings is 1. The maximum Gasteiger partial charge on any atom is 0.269 e. The average Bonchev–Trinajstić information content (AvgIpc) is 3.00. The van der Waals surface area contributed by atoms with Gasteiger partial charge in [0, 0.05) is 17.2 Å². The summed E-state index contributed by atoms with van der Waals surface area (Å²) in [6, 6.07) is 11.6. The fourth-order valence-electron chi connectivity index (χ4n) is 2.10. The topological polar surface area (TPSA) is 92.5 Å². The lowest BCUT2D eigenvalue weighted by atomic mass is 10.1. The molecule has 0 spiro atoms. The third-order valence-electron chi connectivity index (χ3n) is 3.39. The molecule has 132 valence electrons. The molecule has 1 heterocycles. The number of thiocarbonyl (C=S) groups is 1. The Kier molecular flexibility index (Phi) is 5.40. The van der Waals surface area contributed by atoms with E-state index in [-0.39, 0.29) is 10.8 Å². The zero-order chi connectivity index (χ0) is 18.7. The highest BCUT2D eigenvalue weighted by Crippen LogP contribution is 2.28. The zero-order valence-corrected chi connectivity index (χ0v) is 15.8. The first-order valence-corrected chi connectivity index (χ1v) is 8.95. The number of fused-ring (bicyclic) bond motifs is 1. The van der Waals surface area contributed by atoms with Gasteiger partial charge in [0.05, 0.1) is 20.9 Å². The Hall–Kier alpha value is -2.62. The van der Waals surface area contributed by atoms with Crippen LogP contribution in [0.5, 0.6) is 0 Å². The number of hydrazone groups is 1. The molecule has 0 saturated heterocycles. The highest BCUT2D eigenvalue weighted by molar-refractivity contribution is 7.80. The molecule has 0 unspecified atom stereocenters. The van der Waals surface area contributed by atoms with Crippen LogP contribution >= 0.6 is 35.2 Å². The maximum atomic E-state index is 10.7. The summed E-state index contributed by atoms with van der Waals surface area (Å²) in [5.41, 5.74) is 4.99. The molecule has 0 radical (unpaired) electrons. The van der Waals surface area contributed by atoms with Gasteiger partial charge in [-0.2, -0.15) is 5.10 Å². The molecular formula is C16H12ClN5O2S2. The summed E-state index contributed by atoms with van der Waals surface area (Å²) < 4.78 is 0.952. The average molecular weight is 406 g/mol. The van der Waals surface area contributed by atoms with Gasteiger partial charge >= 0.3 is 0 Å². The van der Waals surface area contributed by atoms with Crippen LogP contribution in [0.4, 0.5) is 10.8 Å². The molecule has 0 aliphatic rings. The number of hydrogen-bond acceptors (Lipinski definition) is 6. The SMILES string of the molecule is C/C(=N\NC(=S)Nc1nc2ccc(Cl)cc2s1)c1ccc([N+](=O)[O-])cc1. The van der Waals surface area contributed by atoms with Gasteiger partial charge in [0.25, 0.3) is 5.69 Å². The lowest BCUT2D eigenvalue weighted by Gasteiger charge is -2.05. The summed E-state index contributed by atoms with van der Waals surface area (Å²) >= 11 is 12.6. The molecule has 3 rings (SSSR count). The van der Waals surface area contributed by atoms with Crippen LogP contribution < -0.4 is 10.7 Å². The van der Waals surface area contributed by atoms with Gasteiger partial charge in [-0.25, -0.2) is 4.98 Å². The Balaban J connectivity index is 1.64. The quantitative estimate of drug-likeness (QED) is 0.286. The normalized spacial score (nSPS) is 11.4. The van der Waals surface area contributed by atoms with E-state index in [1.54, 1.807) is 25.1 Å². The summed E-state index contributed by atoms with van der Waals surface area (Å²) in [4.78, 5) is 14.6. The minimum absolute atomic E-state index is 0.0302. The molecule has 0 amide bonds. The predicted octanol–water partition coefficient (Wildman–Crippen LogP) is 4.57. The Labute approximate surface area is 162 Å². The number of anilines is 1. The van der Waals surface area contributed by atoms with E-state index in [1.165, 1.54) is 23.5 Å². The van der Waals surface area contributed by atoms with Crippen molar-refractivity contribution in [3.05, 3.63) is 63.2 Å². The number of hydrogen-bond donors (Lipinski definition) is 2. The highest BCUT2D eigenvalue weighted by Gasteiger charge is 2.07. The molecule has 0 fully saturated rings. The Morgan fingerprint density at radius 1 is 1.31 bits per heavy atom. The summed E-state index contributed by atoms with van der Waals surface area (Å²) in [7, 11) is 0. The largest absolute Gasteiger partial charge is 0.307 e. The molecule has 1 aromatic heterocycles. The number of non-ortho nitro benzene ring substituents is 1. The summed E-state index contributed by atoms with van der Waals surface area (Å²) in [6.07, 6.45) is 0. The van der Waals surface area contributed by atoms with Crippen molar-refractivity contribution < 1.29 is 4.92 Å². The van der Waals surface area contributed by atoms with Crippen LogP contribution in [0.1, 0.15) is 12.5 Å². The second-order valence-corrected chi connectivity index (χ2v) is 7.07. The molecule has 10 heteroatoms. The van der Waals surface area contributed by atoms with Gasteiger partial charge in [0.2, 0.25) is 0 Å². The van der Waals surface area contributed by atoms with E-state index >= 15 is 0 Å². The van der Waals surface area contributed by atoms with E-state index in [0.717, 1.165) is 15.8 Å². The minimum atomic E-state index is -0.446. The highest BCUT2D eigenvalue weighted by atomic mass is 35.5. The van der Waals surface area contributed by atoms with Crippen molar-refractivity contribution in [2.45, 2.75) is 6.92 Å². The number of halogens is 1. The fourth-order valence-corrected chi connectivity index (χ4v) is 3.45. The molecule has 7 nitrogen and oxygen atoms in total. The van der Waals surface area contributed by atoms with Gasteiger partial charge < -0.3 is 5.32 Å². The van der Waals surface area contributed by atoms with E-state index < -0.39 is 4.92 Å². The molecule has 0 saturated carbocycles. The second-order valence-electron chi connectivity index (χ2n) is 5.20. The molecule has 0 aliphatic heterocycles. The Morgan fingerprint density at radius 2 is 2.04 bits per heavy atom. The number of rotatable bonds is 4. The Morgan fingerprint density at radius 3 is 2.73 bits per heavy atom. The summed E-state index contributed by atoms with van der Waals surface area (Å²) in [5.74, 6) is 0. The van der Waals surface area contributed by atoms with Gasteiger partial charge in [0.1, 0.15) is 0 Å². The number of nitrogens with zero attached hydrogens (tertiary/aromatic N) is 3. The van der Waals surface area contributed by atoms with E-state index in [4.69, 9.17) is 23.8 Å². The van der Waals surface area contributed by atoms with Gasteiger partial charge in [-0.05, 0) is 55.0 Å². The lowest BCUT2D eigenvalue weighted by Crippen LogP contribution is -2.24. The fraction of sp³-hybridized carbons (Fsp3) is 0.0625. The first kappa shape index (κ1) is 18.2. The molecule has 2 N–H and O–H groups in total. The number of aromatic nitrogens is 1. The molecule has 0 bridgehead atoms. The number of nitro groups is 1. The van der Waals surface area contributed by atoms with E-state index in [0.29, 0.717) is 15.9 Å². The van der Waals surface area contributed by atoms with Crippen molar-refractivity contribution >= 4 is 67.0 Å². The first-order chi connectivity index (χ1) is 12.4. The lowest BCUT2D eigenvalue weighted by molar-refractivity contribution is -0.384. The van der Waals surface area contributed by atoms with Crippen molar-refractivity contribution in [3.8, 4) is 0 Å². The molecule has 0 aliphatic carbocycles. The van der Waals surface area contributed by atoms with Gasteiger partial charge in [-0.3, -0.25) is 15.5 Å². The number of nitrogens with one attached hydrogen (secondary N) is 2. The maximum absolute atomic E-state index is 10.7. The van der Waals surface area contributed by atoms with Crippen molar-refractivity contribution in [1.29, 1.82) is 0 Å².